The summed E-state index contributed by atoms with van der Waals surface area (Å²) in [7, 11) is 5.16. The van der Waals surface area contributed by atoms with Gasteiger partial charge in [-0.3, -0.25) is 0 Å². The summed E-state index contributed by atoms with van der Waals surface area (Å²) in [5.41, 5.74) is 4.83. The third-order valence-electron chi connectivity index (χ3n) is 5.67. The Morgan fingerprint density at radius 3 is 2.47 bits per heavy atom. The van der Waals surface area contributed by atoms with Gasteiger partial charge >= 0.3 is 0 Å². The van der Waals surface area contributed by atoms with Crippen LogP contribution in [0, 0.1) is 12.7 Å². The van der Waals surface area contributed by atoms with Crippen LogP contribution in [-0.4, -0.2) is 28.8 Å². The molecule has 2 heterocycles. The van der Waals surface area contributed by atoms with Crippen LogP contribution < -0.4 is 14.8 Å². The molecule has 0 saturated carbocycles. The van der Waals surface area contributed by atoms with Gasteiger partial charge in [-0.15, -0.1) is 0 Å². The van der Waals surface area contributed by atoms with E-state index in [-0.39, 0.29) is 5.82 Å². The highest BCUT2D eigenvalue weighted by molar-refractivity contribution is 5.94. The highest BCUT2D eigenvalue weighted by Gasteiger charge is 2.17. The van der Waals surface area contributed by atoms with Crippen molar-refractivity contribution in [3.63, 3.8) is 0 Å². The summed E-state index contributed by atoms with van der Waals surface area (Å²) >= 11 is 0. The maximum absolute atomic E-state index is 13.4. The van der Waals surface area contributed by atoms with Gasteiger partial charge in [0.05, 0.1) is 37.2 Å². The number of rotatable bonds is 6. The number of nitrogens with one attached hydrogen (secondary N) is 1. The standard InChI is InChI=1S/C26H23FN4O3/c1-15-28-14-24(34-15)20-10-9-18(11-23(20)33-4)29-21-12-19(32-3)13-22-25(21)30-26(31(22)2)16-5-7-17(27)8-6-16/h5-14,29H,1-4H3. The number of hydrogen-bond acceptors (Lipinski definition) is 6. The van der Waals surface area contributed by atoms with E-state index in [1.807, 2.05) is 41.9 Å². The number of hydrogen-bond donors (Lipinski definition) is 1. The van der Waals surface area contributed by atoms with Crippen molar-refractivity contribution >= 4 is 22.4 Å². The zero-order valence-corrected chi connectivity index (χ0v) is 19.2. The normalized spacial score (nSPS) is 11.1. The summed E-state index contributed by atoms with van der Waals surface area (Å²) in [6.07, 6.45) is 1.68. The molecule has 8 heteroatoms. The third kappa shape index (κ3) is 3.83. The van der Waals surface area contributed by atoms with Gasteiger partial charge in [0, 0.05) is 43.4 Å². The van der Waals surface area contributed by atoms with Crippen molar-refractivity contribution in [2.45, 2.75) is 6.92 Å². The van der Waals surface area contributed by atoms with Gasteiger partial charge in [-0.1, -0.05) is 0 Å². The second-order valence-corrected chi connectivity index (χ2v) is 7.83. The molecule has 0 aliphatic heterocycles. The molecule has 0 fully saturated rings. The van der Waals surface area contributed by atoms with E-state index in [2.05, 4.69) is 10.3 Å². The first-order valence-electron chi connectivity index (χ1n) is 10.6. The first-order valence-corrected chi connectivity index (χ1v) is 10.6. The third-order valence-corrected chi connectivity index (χ3v) is 5.67. The number of methoxy groups -OCH3 is 2. The first kappa shape index (κ1) is 21.5. The molecule has 172 valence electrons. The van der Waals surface area contributed by atoms with Crippen molar-refractivity contribution < 1.29 is 18.3 Å². The predicted molar refractivity (Wildman–Crippen MR) is 129 cm³/mol. The van der Waals surface area contributed by atoms with E-state index in [1.54, 1.807) is 39.5 Å². The van der Waals surface area contributed by atoms with Crippen molar-refractivity contribution in [2.75, 3.05) is 19.5 Å². The lowest BCUT2D eigenvalue weighted by Crippen LogP contribution is -1.96. The summed E-state index contributed by atoms with van der Waals surface area (Å²) in [6.45, 7) is 1.80. The van der Waals surface area contributed by atoms with E-state index in [0.717, 1.165) is 39.4 Å². The van der Waals surface area contributed by atoms with E-state index in [4.69, 9.17) is 18.9 Å². The van der Waals surface area contributed by atoms with Crippen molar-refractivity contribution in [1.29, 1.82) is 0 Å². The van der Waals surface area contributed by atoms with Crippen LogP contribution in [0.3, 0.4) is 0 Å². The van der Waals surface area contributed by atoms with Crippen LogP contribution in [0.4, 0.5) is 15.8 Å². The molecule has 0 amide bonds. The zero-order valence-electron chi connectivity index (χ0n) is 19.2. The van der Waals surface area contributed by atoms with Crippen molar-refractivity contribution in [2.24, 2.45) is 7.05 Å². The number of aromatic nitrogens is 3. The van der Waals surface area contributed by atoms with E-state index in [0.29, 0.717) is 23.1 Å². The van der Waals surface area contributed by atoms with Crippen LogP contribution in [0.2, 0.25) is 0 Å². The number of fused-ring (bicyclic) bond motifs is 1. The molecule has 0 saturated heterocycles. The average Bonchev–Trinajstić information content (AvgIpc) is 3.43. The number of halogens is 1. The highest BCUT2D eigenvalue weighted by atomic mass is 19.1. The Labute approximate surface area is 195 Å². The summed E-state index contributed by atoms with van der Waals surface area (Å²) in [6, 6.07) is 15.9. The lowest BCUT2D eigenvalue weighted by Gasteiger charge is -2.12. The fraction of sp³-hybridized carbons (Fsp3) is 0.154. The minimum absolute atomic E-state index is 0.288. The summed E-state index contributed by atoms with van der Waals surface area (Å²) in [5.74, 6) is 2.99. The van der Waals surface area contributed by atoms with Gasteiger partial charge in [-0.05, 0) is 36.4 Å². The number of anilines is 2. The largest absolute Gasteiger partial charge is 0.497 e. The maximum Gasteiger partial charge on any atom is 0.191 e. The SMILES string of the molecule is COc1cc(Nc2ccc(-c3cnc(C)o3)c(OC)c2)c2nc(-c3ccc(F)cc3)n(C)c2c1. The lowest BCUT2D eigenvalue weighted by atomic mass is 10.1. The second-order valence-electron chi connectivity index (χ2n) is 7.83. The predicted octanol–water partition coefficient (Wildman–Crippen LogP) is 6.10. The Bertz CT molecular complexity index is 1490. The highest BCUT2D eigenvalue weighted by Crippen LogP contribution is 2.37. The molecule has 1 N–H and O–H groups in total. The van der Waals surface area contributed by atoms with Crippen LogP contribution in [0.25, 0.3) is 33.7 Å². The number of imidazole rings is 1. The Hall–Kier alpha value is -4.33. The number of benzene rings is 3. The van der Waals surface area contributed by atoms with E-state index >= 15 is 0 Å². The van der Waals surface area contributed by atoms with Gasteiger partial charge in [0.25, 0.3) is 0 Å². The Morgan fingerprint density at radius 1 is 1.00 bits per heavy atom. The minimum atomic E-state index is -0.288. The van der Waals surface area contributed by atoms with Gasteiger partial charge in [0.1, 0.15) is 28.7 Å². The second kappa shape index (κ2) is 8.55. The van der Waals surface area contributed by atoms with Gasteiger partial charge in [0.2, 0.25) is 0 Å². The van der Waals surface area contributed by atoms with Crippen LogP contribution >= 0.6 is 0 Å². The molecule has 0 aliphatic carbocycles. The molecule has 5 aromatic rings. The first-order chi connectivity index (χ1) is 16.5. The van der Waals surface area contributed by atoms with Crippen LogP contribution in [0.15, 0.2) is 65.2 Å². The smallest absolute Gasteiger partial charge is 0.191 e. The van der Waals surface area contributed by atoms with Gasteiger partial charge < -0.3 is 23.8 Å². The van der Waals surface area contributed by atoms with Crippen LogP contribution in [0.5, 0.6) is 11.5 Å². The molecule has 3 aromatic carbocycles. The molecule has 0 bridgehead atoms. The number of ether oxygens (including phenoxy) is 2. The van der Waals surface area contributed by atoms with Crippen LogP contribution in [-0.2, 0) is 7.05 Å². The van der Waals surface area contributed by atoms with E-state index < -0.39 is 0 Å². The average molecular weight is 458 g/mol. The summed E-state index contributed by atoms with van der Waals surface area (Å²) in [4.78, 5) is 9.03. The monoisotopic (exact) mass is 458 g/mol. The van der Waals surface area contributed by atoms with Crippen molar-refractivity contribution in [3.05, 3.63) is 72.5 Å². The van der Waals surface area contributed by atoms with Gasteiger partial charge in [-0.25, -0.2) is 14.4 Å². The van der Waals surface area contributed by atoms with Gasteiger partial charge in [0.15, 0.2) is 11.7 Å². The maximum atomic E-state index is 13.4. The lowest BCUT2D eigenvalue weighted by molar-refractivity contribution is 0.414. The quantitative estimate of drug-likeness (QED) is 0.331. The fourth-order valence-electron chi connectivity index (χ4n) is 3.95. The summed E-state index contributed by atoms with van der Waals surface area (Å²) < 4.78 is 32.2. The van der Waals surface area contributed by atoms with Crippen LogP contribution in [0.1, 0.15) is 5.89 Å². The van der Waals surface area contributed by atoms with Crippen molar-refractivity contribution in [3.8, 4) is 34.2 Å². The molecule has 5 rings (SSSR count). The number of aryl methyl sites for hydroxylation is 2. The Balaban J connectivity index is 1.58. The van der Waals surface area contributed by atoms with E-state index in [1.165, 1.54) is 12.1 Å². The molecule has 0 spiro atoms. The number of nitrogens with zero attached hydrogens (tertiary/aromatic N) is 3. The zero-order chi connectivity index (χ0) is 23.8. The molecular weight excluding hydrogens is 435 g/mol. The molecule has 7 nitrogen and oxygen atoms in total. The minimum Gasteiger partial charge on any atom is -0.497 e. The van der Waals surface area contributed by atoms with Crippen molar-refractivity contribution in [1.82, 2.24) is 14.5 Å². The molecule has 0 atom stereocenters. The van der Waals surface area contributed by atoms with E-state index in [9.17, 15) is 4.39 Å². The molecule has 0 radical (unpaired) electrons. The summed E-state index contributed by atoms with van der Waals surface area (Å²) in [5, 5.41) is 3.44. The molecule has 0 aliphatic rings. The Morgan fingerprint density at radius 2 is 1.79 bits per heavy atom. The fourth-order valence-corrected chi connectivity index (χ4v) is 3.95. The molecule has 2 aromatic heterocycles. The van der Waals surface area contributed by atoms with Gasteiger partial charge in [-0.2, -0.15) is 0 Å². The molecular formula is C26H23FN4O3. The topological polar surface area (TPSA) is 74.3 Å². The Kier molecular flexibility index (Phi) is 5.41. The molecule has 34 heavy (non-hydrogen) atoms. The molecule has 0 unspecified atom stereocenters. The number of oxazole rings is 1.